The lowest BCUT2D eigenvalue weighted by atomic mass is 9.74. The minimum atomic E-state index is 0.319. The zero-order chi connectivity index (χ0) is 13.9. The standard InChI is InChI=1S/C15H28N4/c1-4-15(5-2)6-8-19(9-7-15)13(10-16)14-11-17-12-18(14)3/h11-13H,4-10,16H2,1-3H3. The molecule has 4 nitrogen and oxygen atoms in total. The van der Waals surface area contributed by atoms with E-state index < -0.39 is 0 Å². The van der Waals surface area contributed by atoms with Gasteiger partial charge >= 0.3 is 0 Å². The first kappa shape index (κ1) is 14.5. The maximum absolute atomic E-state index is 6.01. The fourth-order valence-corrected chi connectivity index (χ4v) is 3.41. The number of rotatable bonds is 5. The van der Waals surface area contributed by atoms with Gasteiger partial charge in [0.2, 0.25) is 0 Å². The van der Waals surface area contributed by atoms with Crippen molar-refractivity contribution in [1.29, 1.82) is 0 Å². The summed E-state index contributed by atoms with van der Waals surface area (Å²) >= 11 is 0. The highest BCUT2D eigenvalue weighted by atomic mass is 15.2. The normalized spacial score (nSPS) is 21.5. The number of imidazole rings is 1. The summed E-state index contributed by atoms with van der Waals surface area (Å²) in [6.07, 6.45) is 9.03. The third-order valence-corrected chi connectivity index (χ3v) is 5.22. The van der Waals surface area contributed by atoms with E-state index in [-0.39, 0.29) is 0 Å². The molecule has 1 aromatic heterocycles. The zero-order valence-electron chi connectivity index (χ0n) is 12.6. The molecule has 0 aliphatic carbocycles. The molecule has 0 saturated carbocycles. The highest BCUT2D eigenvalue weighted by molar-refractivity contribution is 5.07. The molecule has 1 atom stereocenters. The van der Waals surface area contributed by atoms with Crippen LogP contribution in [0.4, 0.5) is 0 Å². The monoisotopic (exact) mass is 264 g/mol. The lowest BCUT2D eigenvalue weighted by Gasteiger charge is -2.43. The van der Waals surface area contributed by atoms with E-state index in [0.717, 1.165) is 13.1 Å². The van der Waals surface area contributed by atoms with E-state index >= 15 is 0 Å². The van der Waals surface area contributed by atoms with Gasteiger partial charge in [0.05, 0.1) is 18.1 Å². The fraction of sp³-hybridized carbons (Fsp3) is 0.800. The molecule has 2 N–H and O–H groups in total. The first-order valence-electron chi connectivity index (χ1n) is 7.56. The second kappa shape index (κ2) is 6.06. The number of aromatic nitrogens is 2. The van der Waals surface area contributed by atoms with Crippen molar-refractivity contribution >= 4 is 0 Å². The summed E-state index contributed by atoms with van der Waals surface area (Å²) in [6, 6.07) is 0.319. The van der Waals surface area contributed by atoms with Crippen LogP contribution in [0.5, 0.6) is 0 Å². The van der Waals surface area contributed by atoms with Crippen LogP contribution in [0.1, 0.15) is 51.3 Å². The number of nitrogens with two attached hydrogens (primary N) is 1. The van der Waals surface area contributed by atoms with Crippen molar-refractivity contribution in [2.45, 2.75) is 45.6 Å². The van der Waals surface area contributed by atoms with Crippen molar-refractivity contribution in [3.8, 4) is 0 Å². The number of likely N-dealkylation sites (tertiary alicyclic amines) is 1. The maximum Gasteiger partial charge on any atom is 0.0946 e. The largest absolute Gasteiger partial charge is 0.336 e. The van der Waals surface area contributed by atoms with Gasteiger partial charge in [-0.2, -0.15) is 0 Å². The molecule has 1 aromatic rings. The molecule has 0 spiro atoms. The van der Waals surface area contributed by atoms with Crippen molar-refractivity contribution in [2.75, 3.05) is 19.6 Å². The van der Waals surface area contributed by atoms with Gasteiger partial charge in [-0.15, -0.1) is 0 Å². The van der Waals surface area contributed by atoms with Gasteiger partial charge in [-0.1, -0.05) is 26.7 Å². The predicted octanol–water partition coefficient (Wildman–Crippen LogP) is 2.32. The zero-order valence-corrected chi connectivity index (χ0v) is 12.6. The molecule has 0 radical (unpaired) electrons. The average molecular weight is 264 g/mol. The summed E-state index contributed by atoms with van der Waals surface area (Å²) in [5.74, 6) is 0. The van der Waals surface area contributed by atoms with E-state index in [2.05, 4.69) is 35.3 Å². The molecule has 0 amide bonds. The molecule has 4 heteroatoms. The molecule has 1 fully saturated rings. The molecule has 2 rings (SSSR count). The van der Waals surface area contributed by atoms with E-state index in [9.17, 15) is 0 Å². The van der Waals surface area contributed by atoms with Crippen LogP contribution >= 0.6 is 0 Å². The summed E-state index contributed by atoms with van der Waals surface area (Å²) in [4.78, 5) is 6.77. The van der Waals surface area contributed by atoms with Gasteiger partial charge in [0.15, 0.2) is 0 Å². The molecule has 108 valence electrons. The van der Waals surface area contributed by atoms with Gasteiger partial charge in [-0.05, 0) is 31.3 Å². The van der Waals surface area contributed by atoms with Gasteiger partial charge in [0.1, 0.15) is 0 Å². The summed E-state index contributed by atoms with van der Waals surface area (Å²) in [7, 11) is 2.05. The summed E-state index contributed by atoms with van der Waals surface area (Å²) in [6.45, 7) is 7.66. The van der Waals surface area contributed by atoms with Crippen LogP contribution in [0.2, 0.25) is 0 Å². The summed E-state index contributed by atoms with van der Waals surface area (Å²) in [5.41, 5.74) is 7.82. The highest BCUT2D eigenvalue weighted by Gasteiger charge is 2.34. The van der Waals surface area contributed by atoms with Crippen molar-refractivity contribution in [3.05, 3.63) is 18.2 Å². The molecule has 1 saturated heterocycles. The Morgan fingerprint density at radius 2 is 1.95 bits per heavy atom. The molecular formula is C15H28N4. The van der Waals surface area contributed by atoms with Crippen LogP contribution in [0.15, 0.2) is 12.5 Å². The molecule has 0 bridgehead atoms. The number of hydrogen-bond acceptors (Lipinski definition) is 3. The number of hydrogen-bond donors (Lipinski definition) is 1. The van der Waals surface area contributed by atoms with Crippen molar-refractivity contribution < 1.29 is 0 Å². The summed E-state index contributed by atoms with van der Waals surface area (Å²) in [5, 5.41) is 0. The van der Waals surface area contributed by atoms with E-state index in [1.165, 1.54) is 31.4 Å². The lowest BCUT2D eigenvalue weighted by Crippen LogP contribution is -2.44. The Balaban J connectivity index is 2.05. The molecule has 1 unspecified atom stereocenters. The molecule has 0 aromatic carbocycles. The first-order chi connectivity index (χ1) is 9.15. The van der Waals surface area contributed by atoms with Crippen LogP contribution in [0.25, 0.3) is 0 Å². The third-order valence-electron chi connectivity index (χ3n) is 5.22. The van der Waals surface area contributed by atoms with Gasteiger partial charge in [-0.3, -0.25) is 4.90 Å². The van der Waals surface area contributed by atoms with Gasteiger partial charge < -0.3 is 10.3 Å². The van der Waals surface area contributed by atoms with Gasteiger partial charge in [0, 0.05) is 19.8 Å². The van der Waals surface area contributed by atoms with Crippen LogP contribution in [-0.4, -0.2) is 34.1 Å². The lowest BCUT2D eigenvalue weighted by molar-refractivity contribution is 0.0659. The minimum Gasteiger partial charge on any atom is -0.336 e. The van der Waals surface area contributed by atoms with Crippen molar-refractivity contribution in [2.24, 2.45) is 18.2 Å². The molecular weight excluding hydrogens is 236 g/mol. The number of nitrogens with zero attached hydrogens (tertiary/aromatic N) is 3. The topological polar surface area (TPSA) is 47.1 Å². The molecule has 1 aliphatic rings. The average Bonchev–Trinajstić information content (AvgIpc) is 2.87. The van der Waals surface area contributed by atoms with E-state index in [0.29, 0.717) is 18.0 Å². The van der Waals surface area contributed by atoms with Crippen LogP contribution < -0.4 is 5.73 Å². The smallest absolute Gasteiger partial charge is 0.0946 e. The Hall–Kier alpha value is -0.870. The van der Waals surface area contributed by atoms with Crippen LogP contribution in [-0.2, 0) is 7.05 Å². The van der Waals surface area contributed by atoms with Gasteiger partial charge in [-0.25, -0.2) is 4.98 Å². The predicted molar refractivity (Wildman–Crippen MR) is 78.8 cm³/mol. The Labute approximate surface area is 117 Å². The molecule has 2 heterocycles. The summed E-state index contributed by atoms with van der Waals surface area (Å²) < 4.78 is 2.10. The second-order valence-corrected chi connectivity index (χ2v) is 5.92. The van der Waals surface area contributed by atoms with Crippen LogP contribution in [0, 0.1) is 5.41 Å². The third kappa shape index (κ3) is 2.84. The maximum atomic E-state index is 6.01. The fourth-order valence-electron chi connectivity index (χ4n) is 3.41. The first-order valence-corrected chi connectivity index (χ1v) is 7.56. The van der Waals surface area contributed by atoms with Gasteiger partial charge in [0.25, 0.3) is 0 Å². The van der Waals surface area contributed by atoms with Crippen molar-refractivity contribution in [3.63, 3.8) is 0 Å². The Kier molecular flexibility index (Phi) is 4.63. The van der Waals surface area contributed by atoms with E-state index in [1.54, 1.807) is 0 Å². The molecule has 1 aliphatic heterocycles. The Morgan fingerprint density at radius 3 is 2.37 bits per heavy atom. The SMILES string of the molecule is CCC1(CC)CCN(C(CN)c2cncn2C)CC1. The van der Waals surface area contributed by atoms with E-state index in [4.69, 9.17) is 5.73 Å². The van der Waals surface area contributed by atoms with E-state index in [1.807, 2.05) is 12.5 Å². The van der Waals surface area contributed by atoms with Crippen molar-refractivity contribution in [1.82, 2.24) is 14.5 Å². The quantitative estimate of drug-likeness (QED) is 0.888. The van der Waals surface area contributed by atoms with Crippen LogP contribution in [0.3, 0.4) is 0 Å². The molecule has 19 heavy (non-hydrogen) atoms. The Morgan fingerprint density at radius 1 is 1.32 bits per heavy atom. The Bertz CT molecular complexity index is 385. The number of aryl methyl sites for hydroxylation is 1. The second-order valence-electron chi connectivity index (χ2n) is 5.92. The minimum absolute atomic E-state index is 0.319. The highest BCUT2D eigenvalue weighted by Crippen LogP contribution is 2.39. The number of piperidine rings is 1.